The van der Waals surface area contributed by atoms with Gasteiger partial charge in [-0.2, -0.15) is 0 Å². The average Bonchev–Trinajstić information content (AvgIpc) is 2.49. The zero-order valence-electron chi connectivity index (χ0n) is 11.8. The number of hydrogen-bond acceptors (Lipinski definition) is 3. The molecule has 3 nitrogen and oxygen atoms in total. The molecule has 21 heavy (non-hydrogen) atoms. The molecule has 0 aliphatic rings. The molecule has 112 valence electrons. The molecule has 0 aromatic heterocycles. The summed E-state index contributed by atoms with van der Waals surface area (Å²) in [6.45, 7) is 2.65. The van der Waals surface area contributed by atoms with E-state index in [9.17, 15) is 4.39 Å². The highest BCUT2D eigenvalue weighted by atomic mass is 79.9. The highest BCUT2D eigenvalue weighted by Gasteiger charge is 2.20. The molecule has 0 heterocycles. The van der Waals surface area contributed by atoms with E-state index < -0.39 is 6.04 Å². The maximum atomic E-state index is 14.2. The fraction of sp³-hybridized carbons (Fsp3) is 0.250. The average molecular weight is 353 g/mol. The summed E-state index contributed by atoms with van der Waals surface area (Å²) in [5.74, 6) is 6.05. The summed E-state index contributed by atoms with van der Waals surface area (Å²) in [5, 5.41) is 0. The van der Waals surface area contributed by atoms with E-state index in [4.69, 9.17) is 10.6 Å². The Morgan fingerprint density at radius 2 is 2.00 bits per heavy atom. The van der Waals surface area contributed by atoms with Crippen molar-refractivity contribution in [2.24, 2.45) is 5.84 Å². The Balaban J connectivity index is 2.41. The normalized spacial score (nSPS) is 12.2. The summed E-state index contributed by atoms with van der Waals surface area (Å²) in [5.41, 5.74) is 3.97. The largest absolute Gasteiger partial charge is 0.493 e. The van der Waals surface area contributed by atoms with Crippen molar-refractivity contribution in [3.05, 3.63) is 63.9 Å². The van der Waals surface area contributed by atoms with Crippen LogP contribution in [-0.2, 0) is 0 Å². The van der Waals surface area contributed by atoms with Crippen LogP contribution in [0.2, 0.25) is 0 Å². The van der Waals surface area contributed by atoms with Crippen molar-refractivity contribution in [1.29, 1.82) is 0 Å². The van der Waals surface area contributed by atoms with Crippen molar-refractivity contribution in [3.8, 4) is 5.75 Å². The quantitative estimate of drug-likeness (QED) is 0.611. The molecule has 0 radical (unpaired) electrons. The van der Waals surface area contributed by atoms with Gasteiger partial charge in [0.1, 0.15) is 11.6 Å². The first-order valence-electron chi connectivity index (χ1n) is 6.80. The lowest BCUT2D eigenvalue weighted by atomic mass is 9.98. The Kier molecular flexibility index (Phi) is 5.73. The summed E-state index contributed by atoms with van der Waals surface area (Å²) < 4.78 is 20.6. The predicted molar refractivity (Wildman–Crippen MR) is 85.5 cm³/mol. The van der Waals surface area contributed by atoms with Crippen molar-refractivity contribution >= 4 is 15.9 Å². The molecule has 0 aliphatic heterocycles. The Morgan fingerprint density at radius 1 is 1.24 bits per heavy atom. The fourth-order valence-corrected chi connectivity index (χ4v) is 2.48. The van der Waals surface area contributed by atoms with Crippen molar-refractivity contribution in [3.63, 3.8) is 0 Å². The van der Waals surface area contributed by atoms with Gasteiger partial charge in [-0.1, -0.05) is 47.1 Å². The number of rotatable bonds is 6. The summed E-state index contributed by atoms with van der Waals surface area (Å²) >= 11 is 3.26. The maximum Gasteiger partial charge on any atom is 0.129 e. The highest BCUT2D eigenvalue weighted by Crippen LogP contribution is 2.31. The van der Waals surface area contributed by atoms with Gasteiger partial charge < -0.3 is 4.74 Å². The van der Waals surface area contributed by atoms with E-state index in [-0.39, 0.29) is 5.82 Å². The molecule has 0 aliphatic carbocycles. The smallest absolute Gasteiger partial charge is 0.129 e. The molecule has 1 atom stereocenters. The van der Waals surface area contributed by atoms with Crippen molar-refractivity contribution in [1.82, 2.24) is 5.43 Å². The van der Waals surface area contributed by atoms with Gasteiger partial charge in [-0.25, -0.2) is 9.82 Å². The number of ether oxygens (including phenoxy) is 1. The molecule has 1 unspecified atom stereocenters. The molecule has 0 saturated heterocycles. The van der Waals surface area contributed by atoms with Gasteiger partial charge in [-0.05, 0) is 24.6 Å². The first kappa shape index (κ1) is 15.9. The topological polar surface area (TPSA) is 47.3 Å². The van der Waals surface area contributed by atoms with E-state index in [1.54, 1.807) is 12.1 Å². The van der Waals surface area contributed by atoms with Crippen LogP contribution < -0.4 is 16.0 Å². The van der Waals surface area contributed by atoms with Crippen LogP contribution in [0.4, 0.5) is 4.39 Å². The third-order valence-electron chi connectivity index (χ3n) is 3.13. The second kappa shape index (κ2) is 7.54. The summed E-state index contributed by atoms with van der Waals surface area (Å²) in [4.78, 5) is 0. The Hall–Kier alpha value is -1.43. The molecular formula is C16H18BrFN2O. The summed E-state index contributed by atoms with van der Waals surface area (Å²) in [6, 6.07) is 12.0. The number of benzene rings is 2. The standard InChI is InChI=1S/C16H18BrFN2O/c1-2-9-21-15-6-4-3-5-13(15)16(20-19)12-8-7-11(17)10-14(12)18/h3-8,10,16,20H,2,9,19H2,1H3. The van der Waals surface area contributed by atoms with Crippen LogP contribution in [0.3, 0.4) is 0 Å². The van der Waals surface area contributed by atoms with Crippen LogP contribution in [-0.4, -0.2) is 6.61 Å². The van der Waals surface area contributed by atoms with Crippen LogP contribution in [0, 0.1) is 5.82 Å². The summed E-state index contributed by atoms with van der Waals surface area (Å²) in [7, 11) is 0. The second-order valence-electron chi connectivity index (χ2n) is 4.65. The second-order valence-corrected chi connectivity index (χ2v) is 5.57. The highest BCUT2D eigenvalue weighted by molar-refractivity contribution is 9.10. The predicted octanol–water partition coefficient (Wildman–Crippen LogP) is 3.93. The van der Waals surface area contributed by atoms with Gasteiger partial charge in [0.2, 0.25) is 0 Å². The molecule has 0 fully saturated rings. The third kappa shape index (κ3) is 3.81. The van der Waals surface area contributed by atoms with Gasteiger partial charge in [0, 0.05) is 15.6 Å². The number of nitrogens with two attached hydrogens (primary N) is 1. The van der Waals surface area contributed by atoms with E-state index in [1.165, 1.54) is 6.07 Å². The Morgan fingerprint density at radius 3 is 2.67 bits per heavy atom. The van der Waals surface area contributed by atoms with Crippen molar-refractivity contribution in [2.45, 2.75) is 19.4 Å². The van der Waals surface area contributed by atoms with Crippen LogP contribution in [0.25, 0.3) is 0 Å². The first-order chi connectivity index (χ1) is 10.2. The molecule has 2 aromatic rings. The van der Waals surface area contributed by atoms with Gasteiger partial charge in [0.15, 0.2) is 0 Å². The molecule has 0 spiro atoms. The van der Waals surface area contributed by atoms with Crippen LogP contribution in [0.5, 0.6) is 5.75 Å². The fourth-order valence-electron chi connectivity index (χ4n) is 2.15. The summed E-state index contributed by atoms with van der Waals surface area (Å²) in [6.07, 6.45) is 0.904. The van der Waals surface area contributed by atoms with Gasteiger partial charge in [-0.15, -0.1) is 0 Å². The number of hydrogen-bond donors (Lipinski definition) is 2. The maximum absolute atomic E-state index is 14.2. The van der Waals surface area contributed by atoms with Gasteiger partial charge in [-0.3, -0.25) is 5.84 Å². The zero-order chi connectivity index (χ0) is 15.2. The van der Waals surface area contributed by atoms with E-state index in [0.29, 0.717) is 22.4 Å². The molecule has 0 amide bonds. The lowest BCUT2D eigenvalue weighted by Crippen LogP contribution is -2.30. The number of hydrazine groups is 1. The van der Waals surface area contributed by atoms with E-state index in [0.717, 1.165) is 12.0 Å². The van der Waals surface area contributed by atoms with Gasteiger partial charge in [0.25, 0.3) is 0 Å². The van der Waals surface area contributed by atoms with Crippen LogP contribution in [0.1, 0.15) is 30.5 Å². The minimum atomic E-state index is -0.467. The number of para-hydroxylation sites is 1. The Labute approximate surface area is 132 Å². The lowest BCUT2D eigenvalue weighted by Gasteiger charge is -2.21. The van der Waals surface area contributed by atoms with E-state index >= 15 is 0 Å². The molecule has 0 bridgehead atoms. The molecule has 5 heteroatoms. The SMILES string of the molecule is CCCOc1ccccc1C(NN)c1ccc(Br)cc1F. The van der Waals surface area contributed by atoms with Gasteiger partial charge in [0.05, 0.1) is 12.6 Å². The molecule has 3 N–H and O–H groups in total. The minimum Gasteiger partial charge on any atom is -0.493 e. The number of nitrogens with one attached hydrogen (secondary N) is 1. The lowest BCUT2D eigenvalue weighted by molar-refractivity contribution is 0.311. The number of halogens is 2. The monoisotopic (exact) mass is 352 g/mol. The third-order valence-corrected chi connectivity index (χ3v) is 3.63. The Bertz CT molecular complexity index is 607. The van der Waals surface area contributed by atoms with Crippen LogP contribution >= 0.6 is 15.9 Å². The molecule has 2 aromatic carbocycles. The van der Waals surface area contributed by atoms with E-state index in [1.807, 2.05) is 31.2 Å². The van der Waals surface area contributed by atoms with Crippen molar-refractivity contribution in [2.75, 3.05) is 6.61 Å². The minimum absolute atomic E-state index is 0.322. The first-order valence-corrected chi connectivity index (χ1v) is 7.59. The van der Waals surface area contributed by atoms with Crippen LogP contribution in [0.15, 0.2) is 46.9 Å². The molecule has 2 rings (SSSR count). The van der Waals surface area contributed by atoms with Gasteiger partial charge >= 0.3 is 0 Å². The molecule has 0 saturated carbocycles. The van der Waals surface area contributed by atoms with Crippen molar-refractivity contribution < 1.29 is 9.13 Å². The zero-order valence-corrected chi connectivity index (χ0v) is 13.4. The molecular weight excluding hydrogens is 335 g/mol. The van der Waals surface area contributed by atoms with E-state index in [2.05, 4.69) is 21.4 Å².